The zero-order chi connectivity index (χ0) is 14.4. The molecular weight excluding hydrogens is 248 g/mol. The first kappa shape index (κ1) is 15.8. The average molecular weight is 272 g/mol. The molecule has 0 saturated carbocycles. The third kappa shape index (κ3) is 4.09. The molecule has 6 nitrogen and oxygen atoms in total. The van der Waals surface area contributed by atoms with Gasteiger partial charge in [-0.25, -0.2) is 9.59 Å². The second-order valence-electron chi connectivity index (χ2n) is 4.97. The fourth-order valence-corrected chi connectivity index (χ4v) is 2.34. The maximum atomic E-state index is 12.1. The normalized spacial score (nSPS) is 22.8. The zero-order valence-electron chi connectivity index (χ0n) is 11.9. The van der Waals surface area contributed by atoms with Crippen LogP contribution in [0, 0.1) is 5.92 Å². The van der Waals surface area contributed by atoms with Gasteiger partial charge >= 0.3 is 12.0 Å². The molecular formula is C13H24N2O4. The predicted molar refractivity (Wildman–Crippen MR) is 71.0 cm³/mol. The van der Waals surface area contributed by atoms with Gasteiger partial charge in [-0.2, -0.15) is 0 Å². The van der Waals surface area contributed by atoms with Crippen LogP contribution in [0.2, 0.25) is 0 Å². The third-order valence-corrected chi connectivity index (χ3v) is 3.84. The lowest BCUT2D eigenvalue weighted by Crippen LogP contribution is -2.47. The molecule has 19 heavy (non-hydrogen) atoms. The Hall–Kier alpha value is -1.30. The van der Waals surface area contributed by atoms with Gasteiger partial charge in [-0.1, -0.05) is 26.7 Å². The first-order valence-electron chi connectivity index (χ1n) is 6.83. The molecule has 1 saturated heterocycles. The fourth-order valence-electron chi connectivity index (χ4n) is 2.34. The Bertz CT molecular complexity index is 318. The summed E-state index contributed by atoms with van der Waals surface area (Å²) in [6, 6.07) is -1.09. The minimum atomic E-state index is -0.975. The Morgan fingerprint density at radius 1 is 1.42 bits per heavy atom. The Labute approximate surface area is 114 Å². The van der Waals surface area contributed by atoms with E-state index < -0.39 is 12.0 Å². The molecule has 0 aromatic rings. The lowest BCUT2D eigenvalue weighted by Gasteiger charge is -2.23. The highest BCUT2D eigenvalue weighted by atomic mass is 16.5. The van der Waals surface area contributed by atoms with Gasteiger partial charge in [0.05, 0.1) is 6.10 Å². The Kier molecular flexibility index (Phi) is 6.08. The molecule has 1 rings (SSSR count). The number of nitrogens with one attached hydrogen (secondary N) is 1. The standard InChI is InChI=1S/C13H24N2O4/c1-4-9(5-2)7-14-13(18)15-8-10(19-3)6-11(15)12(16)17/h9-11H,4-8H2,1-3H3,(H,14,18)(H,16,17). The Morgan fingerprint density at radius 3 is 2.53 bits per heavy atom. The van der Waals surface area contributed by atoms with Crippen molar-refractivity contribution in [1.82, 2.24) is 10.2 Å². The number of carboxylic acid groups (broad SMARTS) is 1. The average Bonchev–Trinajstić information content (AvgIpc) is 2.84. The van der Waals surface area contributed by atoms with Gasteiger partial charge < -0.3 is 20.1 Å². The number of amides is 2. The Morgan fingerprint density at radius 2 is 2.05 bits per heavy atom. The smallest absolute Gasteiger partial charge is 0.326 e. The van der Waals surface area contributed by atoms with E-state index in [9.17, 15) is 9.59 Å². The van der Waals surface area contributed by atoms with Gasteiger partial charge in [0.15, 0.2) is 0 Å². The van der Waals surface area contributed by atoms with Crippen LogP contribution in [0.1, 0.15) is 33.1 Å². The van der Waals surface area contributed by atoms with E-state index >= 15 is 0 Å². The van der Waals surface area contributed by atoms with Crippen molar-refractivity contribution < 1.29 is 19.4 Å². The van der Waals surface area contributed by atoms with Crippen LogP contribution >= 0.6 is 0 Å². The number of carbonyl (C=O) groups excluding carboxylic acids is 1. The van der Waals surface area contributed by atoms with E-state index in [4.69, 9.17) is 9.84 Å². The molecule has 0 aliphatic carbocycles. The molecule has 0 aromatic heterocycles. The molecule has 2 unspecified atom stereocenters. The zero-order valence-corrected chi connectivity index (χ0v) is 11.9. The summed E-state index contributed by atoms with van der Waals surface area (Å²) >= 11 is 0. The number of urea groups is 1. The molecule has 1 heterocycles. The lowest BCUT2D eigenvalue weighted by atomic mass is 10.0. The fraction of sp³-hybridized carbons (Fsp3) is 0.846. The van der Waals surface area contributed by atoms with E-state index in [0.29, 0.717) is 25.4 Å². The maximum absolute atomic E-state index is 12.1. The Balaban J connectivity index is 2.56. The predicted octanol–water partition coefficient (Wildman–Crippen LogP) is 1.31. The topological polar surface area (TPSA) is 78.9 Å². The van der Waals surface area contributed by atoms with Crippen LogP contribution in [-0.2, 0) is 9.53 Å². The number of ether oxygens (including phenoxy) is 1. The minimum Gasteiger partial charge on any atom is -0.480 e. The lowest BCUT2D eigenvalue weighted by molar-refractivity contribution is -0.141. The highest BCUT2D eigenvalue weighted by molar-refractivity contribution is 5.83. The molecule has 6 heteroatoms. The van der Waals surface area contributed by atoms with Crippen molar-refractivity contribution in [3.8, 4) is 0 Å². The SMILES string of the molecule is CCC(CC)CNC(=O)N1CC(OC)CC1C(=O)O. The molecule has 0 radical (unpaired) electrons. The van der Waals surface area contributed by atoms with Crippen LogP contribution in [0.5, 0.6) is 0 Å². The van der Waals surface area contributed by atoms with E-state index in [1.54, 1.807) is 0 Å². The molecule has 0 aromatic carbocycles. The third-order valence-electron chi connectivity index (χ3n) is 3.84. The van der Waals surface area contributed by atoms with Crippen LogP contribution in [0.3, 0.4) is 0 Å². The quantitative estimate of drug-likeness (QED) is 0.764. The number of nitrogens with zero attached hydrogens (tertiary/aromatic N) is 1. The van der Waals surface area contributed by atoms with Crippen molar-refractivity contribution in [1.29, 1.82) is 0 Å². The van der Waals surface area contributed by atoms with Crippen molar-refractivity contribution in [2.45, 2.75) is 45.3 Å². The number of methoxy groups -OCH3 is 1. The van der Waals surface area contributed by atoms with E-state index in [-0.39, 0.29) is 12.1 Å². The number of carbonyl (C=O) groups is 2. The van der Waals surface area contributed by atoms with E-state index in [0.717, 1.165) is 12.8 Å². The van der Waals surface area contributed by atoms with Crippen molar-refractivity contribution in [3.05, 3.63) is 0 Å². The van der Waals surface area contributed by atoms with Crippen molar-refractivity contribution in [2.75, 3.05) is 20.2 Å². The number of carboxylic acids is 1. The number of hydrogen-bond acceptors (Lipinski definition) is 3. The molecule has 1 fully saturated rings. The number of hydrogen-bond donors (Lipinski definition) is 2. The van der Waals surface area contributed by atoms with Crippen LogP contribution in [-0.4, -0.2) is 54.4 Å². The molecule has 110 valence electrons. The molecule has 1 aliphatic rings. The van der Waals surface area contributed by atoms with Gasteiger partial charge in [0, 0.05) is 26.6 Å². The molecule has 0 spiro atoms. The first-order chi connectivity index (χ1) is 9.03. The van der Waals surface area contributed by atoms with Crippen molar-refractivity contribution in [2.24, 2.45) is 5.92 Å². The largest absolute Gasteiger partial charge is 0.480 e. The molecule has 1 aliphatic heterocycles. The van der Waals surface area contributed by atoms with Crippen LogP contribution in [0.15, 0.2) is 0 Å². The highest BCUT2D eigenvalue weighted by Crippen LogP contribution is 2.20. The number of rotatable bonds is 6. The van der Waals surface area contributed by atoms with Gasteiger partial charge in [-0.15, -0.1) is 0 Å². The number of aliphatic carboxylic acids is 1. The monoisotopic (exact) mass is 272 g/mol. The second kappa shape index (κ2) is 7.33. The highest BCUT2D eigenvalue weighted by Gasteiger charge is 2.39. The molecule has 2 N–H and O–H groups in total. The molecule has 2 amide bonds. The summed E-state index contributed by atoms with van der Waals surface area (Å²) in [6.45, 7) is 5.09. The van der Waals surface area contributed by atoms with Gasteiger partial charge in [0.25, 0.3) is 0 Å². The molecule has 2 atom stereocenters. The summed E-state index contributed by atoms with van der Waals surface area (Å²) in [5.41, 5.74) is 0. The minimum absolute atomic E-state index is 0.194. The van der Waals surface area contributed by atoms with E-state index in [1.165, 1.54) is 12.0 Å². The summed E-state index contributed by atoms with van der Waals surface area (Å²) in [5.74, 6) is -0.537. The summed E-state index contributed by atoms with van der Waals surface area (Å²) in [5, 5.41) is 12.0. The summed E-state index contributed by atoms with van der Waals surface area (Å²) in [7, 11) is 1.54. The summed E-state index contributed by atoms with van der Waals surface area (Å²) in [6.07, 6.45) is 2.16. The summed E-state index contributed by atoms with van der Waals surface area (Å²) in [4.78, 5) is 24.6. The van der Waals surface area contributed by atoms with Crippen molar-refractivity contribution >= 4 is 12.0 Å². The maximum Gasteiger partial charge on any atom is 0.326 e. The van der Waals surface area contributed by atoms with E-state index in [1.807, 2.05) is 0 Å². The first-order valence-corrected chi connectivity index (χ1v) is 6.83. The number of likely N-dealkylation sites (tertiary alicyclic amines) is 1. The van der Waals surface area contributed by atoms with Gasteiger partial charge in [0.1, 0.15) is 6.04 Å². The van der Waals surface area contributed by atoms with Gasteiger partial charge in [0.2, 0.25) is 0 Å². The van der Waals surface area contributed by atoms with Gasteiger partial charge in [-0.3, -0.25) is 0 Å². The van der Waals surface area contributed by atoms with Crippen LogP contribution in [0.25, 0.3) is 0 Å². The van der Waals surface area contributed by atoms with Crippen LogP contribution < -0.4 is 5.32 Å². The second-order valence-corrected chi connectivity index (χ2v) is 4.97. The van der Waals surface area contributed by atoms with Crippen LogP contribution in [0.4, 0.5) is 4.79 Å². The van der Waals surface area contributed by atoms with Crippen molar-refractivity contribution in [3.63, 3.8) is 0 Å². The molecule has 0 bridgehead atoms. The van der Waals surface area contributed by atoms with Gasteiger partial charge in [-0.05, 0) is 5.92 Å². The summed E-state index contributed by atoms with van der Waals surface area (Å²) < 4.78 is 5.15. The van der Waals surface area contributed by atoms with E-state index in [2.05, 4.69) is 19.2 Å².